The van der Waals surface area contributed by atoms with Crippen LogP contribution in [-0.4, -0.2) is 31.2 Å². The molecule has 0 saturated heterocycles. The molecule has 4 heteroatoms. The van der Waals surface area contributed by atoms with Crippen LogP contribution in [0.4, 0.5) is 0 Å². The number of methoxy groups -OCH3 is 1. The summed E-state index contributed by atoms with van der Waals surface area (Å²) in [5, 5.41) is 2.96. The third kappa shape index (κ3) is 3.27. The Morgan fingerprint density at radius 2 is 2.29 bits per heavy atom. The molecular formula is C10H20N2O2. The molecule has 3 N–H and O–H groups in total. The topological polar surface area (TPSA) is 64.3 Å². The Morgan fingerprint density at radius 1 is 1.57 bits per heavy atom. The molecule has 1 aliphatic rings. The molecule has 1 rings (SSSR count). The Kier molecular flexibility index (Phi) is 4.35. The summed E-state index contributed by atoms with van der Waals surface area (Å²) in [6.45, 7) is 1.75. The van der Waals surface area contributed by atoms with Crippen LogP contribution in [0.25, 0.3) is 0 Å². The van der Waals surface area contributed by atoms with Gasteiger partial charge >= 0.3 is 0 Å². The van der Waals surface area contributed by atoms with Crippen molar-refractivity contribution in [2.75, 3.05) is 7.11 Å². The Hall–Kier alpha value is -0.610. The number of amides is 1. The van der Waals surface area contributed by atoms with Gasteiger partial charge in [0.2, 0.25) is 5.91 Å². The SMILES string of the molecule is COC(C)C(=O)NC1CCCC(N)C1. The van der Waals surface area contributed by atoms with Crippen LogP contribution in [0.5, 0.6) is 0 Å². The molecular weight excluding hydrogens is 180 g/mol. The zero-order chi connectivity index (χ0) is 10.6. The van der Waals surface area contributed by atoms with Gasteiger partial charge in [-0.3, -0.25) is 4.79 Å². The van der Waals surface area contributed by atoms with Gasteiger partial charge in [0.15, 0.2) is 0 Å². The van der Waals surface area contributed by atoms with Crippen molar-refractivity contribution in [2.45, 2.75) is 50.8 Å². The van der Waals surface area contributed by atoms with Gasteiger partial charge in [0.25, 0.3) is 0 Å². The summed E-state index contributed by atoms with van der Waals surface area (Å²) in [4.78, 5) is 11.5. The zero-order valence-electron chi connectivity index (χ0n) is 8.95. The average Bonchev–Trinajstić information content (AvgIpc) is 2.16. The third-order valence-corrected chi connectivity index (χ3v) is 2.78. The van der Waals surface area contributed by atoms with E-state index in [1.807, 2.05) is 0 Å². The minimum Gasteiger partial charge on any atom is -0.372 e. The smallest absolute Gasteiger partial charge is 0.249 e. The predicted octanol–water partition coefficient (Wildman–Crippen LogP) is 0.407. The van der Waals surface area contributed by atoms with Gasteiger partial charge in [0, 0.05) is 19.2 Å². The lowest BCUT2D eigenvalue weighted by Crippen LogP contribution is -2.45. The molecule has 1 fully saturated rings. The summed E-state index contributed by atoms with van der Waals surface area (Å²) < 4.78 is 4.94. The molecule has 0 spiro atoms. The maximum Gasteiger partial charge on any atom is 0.249 e. The number of hydrogen-bond acceptors (Lipinski definition) is 3. The van der Waals surface area contributed by atoms with Crippen LogP contribution in [-0.2, 0) is 9.53 Å². The molecule has 0 radical (unpaired) electrons. The number of nitrogens with two attached hydrogens (primary N) is 1. The van der Waals surface area contributed by atoms with Gasteiger partial charge in [-0.15, -0.1) is 0 Å². The molecule has 0 aromatic rings. The van der Waals surface area contributed by atoms with E-state index in [9.17, 15) is 4.79 Å². The molecule has 14 heavy (non-hydrogen) atoms. The predicted molar refractivity (Wildman–Crippen MR) is 54.8 cm³/mol. The number of hydrogen-bond donors (Lipinski definition) is 2. The van der Waals surface area contributed by atoms with E-state index in [4.69, 9.17) is 10.5 Å². The van der Waals surface area contributed by atoms with Gasteiger partial charge < -0.3 is 15.8 Å². The van der Waals surface area contributed by atoms with Crippen LogP contribution in [0, 0.1) is 0 Å². The summed E-state index contributed by atoms with van der Waals surface area (Å²) in [6.07, 6.45) is 3.74. The van der Waals surface area contributed by atoms with Crippen LogP contribution in [0.2, 0.25) is 0 Å². The first kappa shape index (κ1) is 11.5. The fraction of sp³-hybridized carbons (Fsp3) is 0.900. The molecule has 0 bridgehead atoms. The highest BCUT2D eigenvalue weighted by Crippen LogP contribution is 2.16. The molecule has 82 valence electrons. The van der Waals surface area contributed by atoms with Crippen LogP contribution in [0.3, 0.4) is 0 Å². The maximum absolute atomic E-state index is 11.5. The lowest BCUT2D eigenvalue weighted by molar-refractivity contribution is -0.131. The number of carbonyl (C=O) groups excluding carboxylic acids is 1. The van der Waals surface area contributed by atoms with E-state index in [-0.39, 0.29) is 24.1 Å². The highest BCUT2D eigenvalue weighted by molar-refractivity contribution is 5.80. The van der Waals surface area contributed by atoms with Crippen molar-refractivity contribution in [3.8, 4) is 0 Å². The molecule has 0 aromatic heterocycles. The zero-order valence-corrected chi connectivity index (χ0v) is 8.95. The van der Waals surface area contributed by atoms with Gasteiger partial charge in [-0.1, -0.05) is 0 Å². The number of ether oxygens (including phenoxy) is 1. The molecule has 0 aromatic carbocycles. The average molecular weight is 200 g/mol. The molecule has 3 unspecified atom stereocenters. The fourth-order valence-corrected chi connectivity index (χ4v) is 1.78. The maximum atomic E-state index is 11.5. The molecule has 1 aliphatic carbocycles. The summed E-state index contributed by atoms with van der Waals surface area (Å²) in [5.74, 6) is -0.0356. The largest absolute Gasteiger partial charge is 0.372 e. The van der Waals surface area contributed by atoms with Crippen molar-refractivity contribution in [1.29, 1.82) is 0 Å². The van der Waals surface area contributed by atoms with Crippen molar-refractivity contribution in [1.82, 2.24) is 5.32 Å². The summed E-state index contributed by atoms with van der Waals surface area (Å²) >= 11 is 0. The van der Waals surface area contributed by atoms with Gasteiger partial charge in [0.1, 0.15) is 6.10 Å². The third-order valence-electron chi connectivity index (χ3n) is 2.78. The normalized spacial score (nSPS) is 29.6. The fourth-order valence-electron chi connectivity index (χ4n) is 1.78. The first-order chi connectivity index (χ1) is 6.63. The van der Waals surface area contributed by atoms with Gasteiger partial charge in [-0.05, 0) is 32.6 Å². The quantitative estimate of drug-likeness (QED) is 0.693. The number of rotatable bonds is 3. The molecule has 1 amide bonds. The van der Waals surface area contributed by atoms with Gasteiger partial charge in [-0.2, -0.15) is 0 Å². The second kappa shape index (κ2) is 5.32. The van der Waals surface area contributed by atoms with E-state index in [1.165, 1.54) is 7.11 Å². The van der Waals surface area contributed by atoms with Crippen LogP contribution < -0.4 is 11.1 Å². The molecule has 0 aliphatic heterocycles. The van der Waals surface area contributed by atoms with E-state index in [0.29, 0.717) is 0 Å². The highest BCUT2D eigenvalue weighted by atomic mass is 16.5. The van der Waals surface area contributed by atoms with Crippen LogP contribution >= 0.6 is 0 Å². The van der Waals surface area contributed by atoms with E-state index in [2.05, 4.69) is 5.32 Å². The standard InChI is InChI=1S/C10H20N2O2/c1-7(14-2)10(13)12-9-5-3-4-8(11)6-9/h7-9H,3-6,11H2,1-2H3,(H,12,13). The second-order valence-electron chi connectivity index (χ2n) is 4.01. The van der Waals surface area contributed by atoms with E-state index in [1.54, 1.807) is 6.92 Å². The summed E-state index contributed by atoms with van der Waals surface area (Å²) in [6, 6.07) is 0.482. The van der Waals surface area contributed by atoms with Crippen LogP contribution in [0.15, 0.2) is 0 Å². The van der Waals surface area contributed by atoms with Crippen molar-refractivity contribution in [2.24, 2.45) is 5.73 Å². The van der Waals surface area contributed by atoms with E-state index in [0.717, 1.165) is 25.7 Å². The van der Waals surface area contributed by atoms with Crippen LogP contribution in [0.1, 0.15) is 32.6 Å². The Morgan fingerprint density at radius 3 is 2.86 bits per heavy atom. The summed E-state index contributed by atoms with van der Waals surface area (Å²) in [5.41, 5.74) is 5.83. The van der Waals surface area contributed by atoms with Crippen molar-refractivity contribution < 1.29 is 9.53 Å². The van der Waals surface area contributed by atoms with E-state index >= 15 is 0 Å². The molecule has 4 nitrogen and oxygen atoms in total. The van der Waals surface area contributed by atoms with Gasteiger partial charge in [-0.25, -0.2) is 0 Å². The summed E-state index contributed by atoms with van der Waals surface area (Å²) in [7, 11) is 1.54. The minimum absolute atomic E-state index is 0.0356. The molecule has 1 saturated carbocycles. The Bertz CT molecular complexity index is 197. The molecule has 0 heterocycles. The number of nitrogens with one attached hydrogen (secondary N) is 1. The van der Waals surface area contributed by atoms with E-state index < -0.39 is 0 Å². The first-order valence-corrected chi connectivity index (χ1v) is 5.22. The lowest BCUT2D eigenvalue weighted by atomic mass is 9.91. The number of carbonyl (C=O) groups is 1. The first-order valence-electron chi connectivity index (χ1n) is 5.22. The minimum atomic E-state index is -0.367. The van der Waals surface area contributed by atoms with Gasteiger partial charge in [0.05, 0.1) is 0 Å². The highest BCUT2D eigenvalue weighted by Gasteiger charge is 2.22. The second-order valence-corrected chi connectivity index (χ2v) is 4.01. The lowest BCUT2D eigenvalue weighted by Gasteiger charge is -2.28. The molecule has 3 atom stereocenters. The Labute approximate surface area is 85.2 Å². The van der Waals surface area contributed by atoms with Crippen molar-refractivity contribution >= 4 is 5.91 Å². The monoisotopic (exact) mass is 200 g/mol. The Balaban J connectivity index is 2.32. The van der Waals surface area contributed by atoms with Crippen molar-refractivity contribution in [3.63, 3.8) is 0 Å². The van der Waals surface area contributed by atoms with Crippen molar-refractivity contribution in [3.05, 3.63) is 0 Å².